The Bertz CT molecular complexity index is 4900. The number of nitrogens with two attached hydrogens (primary N) is 3. The molecule has 0 aliphatic carbocycles. The third-order valence-corrected chi connectivity index (χ3v) is 16.4. The maximum absolute atomic E-state index is 15.1. The number of fused-ring (bicyclic) bond motifs is 3. The predicted molar refractivity (Wildman–Crippen MR) is 395 cm³/mol. The van der Waals surface area contributed by atoms with Crippen LogP contribution in [0.4, 0.5) is 13.2 Å². The summed E-state index contributed by atoms with van der Waals surface area (Å²) >= 11 is 3.54. The Morgan fingerprint density at radius 2 is 0.788 bits per heavy atom. The number of ether oxygens (including phenoxy) is 5. The molecule has 0 atom stereocenters. The van der Waals surface area contributed by atoms with Gasteiger partial charge in [0.1, 0.15) is 88.6 Å². The smallest absolute Gasteiger partial charge is 0.870 e. The number of furan rings is 3. The van der Waals surface area contributed by atoms with Crippen LogP contribution < -0.4 is 55.7 Å². The SMILES string of the molecule is CCOC(=O)Cc1ccccc1OCc1cc(-c2cccc(CN)c2F)c2oc(C)cc2c1.CCOC(=O)Cc1ccccc1OCc1cc(Br)c2oc(C)cc2c1.Cc1cc2cc(COc3ccccc3CC(=O)O)cc(-c3cccc(CN)c3F)c2o1.Cl.NCc1cccc(B(O)O)c1F.[Li+].[OH-]. The summed E-state index contributed by atoms with van der Waals surface area (Å²) in [4.78, 5) is 34.8. The first kappa shape index (κ1) is 83.3. The van der Waals surface area contributed by atoms with Crippen LogP contribution in [0.3, 0.4) is 0 Å². The van der Waals surface area contributed by atoms with Crippen molar-refractivity contribution in [1.29, 1.82) is 0 Å². The quantitative estimate of drug-likeness (QED) is 0.0256. The van der Waals surface area contributed by atoms with Crippen molar-refractivity contribution in [3.63, 3.8) is 0 Å². The molecular formula is C79H78BBrClF3LiN3O15. The molecule has 0 unspecified atom stereocenters. The van der Waals surface area contributed by atoms with E-state index < -0.39 is 18.9 Å². The van der Waals surface area contributed by atoms with E-state index >= 15 is 8.78 Å². The number of carboxylic acid groups (broad SMARTS) is 1. The van der Waals surface area contributed by atoms with Crippen LogP contribution in [0.2, 0.25) is 0 Å². The van der Waals surface area contributed by atoms with Crippen LogP contribution in [-0.2, 0) is 82.6 Å². The molecule has 12 rings (SSSR count). The first-order chi connectivity index (χ1) is 48.7. The van der Waals surface area contributed by atoms with Crippen molar-refractivity contribution in [1.82, 2.24) is 0 Å². The molecule has 0 saturated carbocycles. The van der Waals surface area contributed by atoms with E-state index in [1.54, 1.807) is 74.5 Å². The summed E-state index contributed by atoms with van der Waals surface area (Å²) in [5.41, 5.74) is 26.6. The molecule has 0 amide bonds. The third kappa shape index (κ3) is 21.7. The average molecular weight is 1500 g/mol. The largest absolute Gasteiger partial charge is 1.00 e. The zero-order valence-electron chi connectivity index (χ0n) is 58.1. The first-order valence-corrected chi connectivity index (χ1v) is 33.2. The van der Waals surface area contributed by atoms with Gasteiger partial charge in [-0.3, -0.25) is 14.4 Å². The van der Waals surface area contributed by atoms with Crippen LogP contribution in [0, 0.1) is 38.2 Å². The number of rotatable bonds is 23. The number of aliphatic carboxylic acids is 1. The van der Waals surface area contributed by atoms with Crippen molar-refractivity contribution in [3.8, 4) is 39.5 Å². The maximum atomic E-state index is 15.1. The summed E-state index contributed by atoms with van der Waals surface area (Å²) in [5.74, 6) is 1.27. The minimum atomic E-state index is -1.78. The summed E-state index contributed by atoms with van der Waals surface area (Å²) in [7, 11) is -1.78. The van der Waals surface area contributed by atoms with Gasteiger partial charge in [-0.05, 0) is 140 Å². The van der Waals surface area contributed by atoms with Crippen molar-refractivity contribution in [3.05, 3.63) is 271 Å². The molecule has 0 spiro atoms. The van der Waals surface area contributed by atoms with E-state index in [9.17, 15) is 18.8 Å². The van der Waals surface area contributed by atoms with Gasteiger partial charge in [-0.2, -0.15) is 0 Å². The number of carboxylic acids is 1. The molecule has 0 radical (unpaired) electrons. The Balaban J connectivity index is 0.000000225. The summed E-state index contributed by atoms with van der Waals surface area (Å²) in [5, 5.41) is 29.2. The van der Waals surface area contributed by atoms with Crippen molar-refractivity contribution >= 4 is 91.7 Å². The van der Waals surface area contributed by atoms with Crippen molar-refractivity contribution in [2.75, 3.05) is 13.2 Å². The summed E-state index contributed by atoms with van der Waals surface area (Å²) in [6.07, 6.45) is 0.207. The minimum absolute atomic E-state index is 0. The normalized spacial score (nSPS) is 10.6. The van der Waals surface area contributed by atoms with Crippen molar-refractivity contribution in [2.45, 2.75) is 93.3 Å². The Morgan fingerprint density at radius 1 is 0.452 bits per heavy atom. The zero-order valence-corrected chi connectivity index (χ0v) is 60.5. The molecule has 0 aliphatic heterocycles. The van der Waals surface area contributed by atoms with Gasteiger partial charge < -0.3 is 74.8 Å². The Hall–Kier alpha value is -9.61. The van der Waals surface area contributed by atoms with Crippen LogP contribution in [0.5, 0.6) is 17.2 Å². The molecule has 25 heteroatoms. The standard InChI is InChI=1S/C27H26FNO4.C25H22FNO4.C20H19BrO4.C7H9BFNO2.ClH.Li.H2O/c1-3-31-25(30)14-19-7-4-5-10-24(19)32-16-18-12-21-11-17(2)33-27(21)23(13-18)22-9-6-8-20(15-29)26(22)28;1-15-9-19-10-16(14-30-22-8-3-2-5-17(22)12-23(28)29)11-21(25(19)31-15)20-7-4-6-18(13-27)24(20)26;1-3-23-19(22)11-15-6-4-5-7-18(15)24-12-14-9-16-8-13(2)25-20(16)17(21)10-14;9-7-5(4-10)2-1-3-6(7)8(11)12;;;/h4-13H,3,14-16,29H2,1-2H3;2-11H,12-14,27H2,1H3,(H,28,29);4-10H,3,11-12H2,1-2H3;1-3,11-12H,4,10H2;1H;;1H2/q;;;;;+1;/p-1. The molecule has 0 saturated heterocycles. The molecule has 3 aromatic heterocycles. The van der Waals surface area contributed by atoms with Gasteiger partial charge in [0, 0.05) is 96.9 Å². The van der Waals surface area contributed by atoms with E-state index in [-0.39, 0.29) is 123 Å². The van der Waals surface area contributed by atoms with Gasteiger partial charge in [-0.1, -0.05) is 109 Å². The van der Waals surface area contributed by atoms with Gasteiger partial charge in [0.15, 0.2) is 0 Å². The predicted octanol–water partition coefficient (Wildman–Crippen LogP) is 12.3. The van der Waals surface area contributed by atoms with Crippen LogP contribution in [-0.4, -0.2) is 58.9 Å². The molecule has 0 aliphatic rings. The fraction of sp³-hybridized carbons (Fsp3) is 0.203. The number of carbonyl (C=O) groups excluding carboxylic acids is 2. The van der Waals surface area contributed by atoms with Gasteiger partial charge in [-0.15, -0.1) is 12.4 Å². The summed E-state index contributed by atoms with van der Waals surface area (Å²) in [6, 6.07) is 54.0. The Morgan fingerprint density at radius 3 is 1.16 bits per heavy atom. The van der Waals surface area contributed by atoms with Gasteiger partial charge in [-0.25, -0.2) is 13.2 Å². The topological polar surface area (TPSA) is 306 Å². The second kappa shape index (κ2) is 39.9. The van der Waals surface area contributed by atoms with E-state index in [0.717, 1.165) is 71.3 Å². The molecule has 3 heterocycles. The van der Waals surface area contributed by atoms with Crippen LogP contribution >= 0.6 is 28.3 Å². The van der Waals surface area contributed by atoms with Crippen molar-refractivity contribution < 1.29 is 104 Å². The van der Waals surface area contributed by atoms with E-state index in [1.165, 1.54) is 18.2 Å². The summed E-state index contributed by atoms with van der Waals surface area (Å²) < 4.78 is 89.6. The molecule has 10 N–H and O–H groups in total. The second-order valence-electron chi connectivity index (χ2n) is 23.3. The van der Waals surface area contributed by atoms with Crippen molar-refractivity contribution in [2.24, 2.45) is 17.2 Å². The number of para-hydroxylation sites is 3. The zero-order chi connectivity index (χ0) is 72.3. The van der Waals surface area contributed by atoms with E-state index in [1.807, 2.05) is 124 Å². The van der Waals surface area contributed by atoms with Gasteiger partial charge in [0.25, 0.3) is 0 Å². The summed E-state index contributed by atoms with van der Waals surface area (Å²) in [6.45, 7) is 11.0. The molecule has 538 valence electrons. The molecule has 9 aromatic carbocycles. The Kier molecular flexibility index (Phi) is 32.0. The molecule has 18 nitrogen and oxygen atoms in total. The van der Waals surface area contributed by atoms with Crippen LogP contribution in [0.1, 0.15) is 81.2 Å². The number of aryl methyl sites for hydroxylation is 3. The van der Waals surface area contributed by atoms with E-state index in [2.05, 4.69) is 15.9 Å². The number of hydrogen-bond acceptors (Lipinski definition) is 17. The number of halogens is 5. The molecular weight excluding hydrogens is 1420 g/mol. The second-order valence-corrected chi connectivity index (χ2v) is 24.1. The maximum Gasteiger partial charge on any atom is 1.00 e. The third-order valence-electron chi connectivity index (χ3n) is 15.9. The monoisotopic (exact) mass is 1500 g/mol. The van der Waals surface area contributed by atoms with E-state index in [0.29, 0.717) is 87.2 Å². The fourth-order valence-electron chi connectivity index (χ4n) is 11.2. The molecule has 12 aromatic rings. The number of carbonyl (C=O) groups is 3. The number of esters is 2. The van der Waals surface area contributed by atoms with Crippen LogP contribution in [0.25, 0.3) is 55.2 Å². The van der Waals surface area contributed by atoms with Gasteiger partial charge >= 0.3 is 43.9 Å². The first-order valence-electron chi connectivity index (χ1n) is 32.4. The van der Waals surface area contributed by atoms with Gasteiger partial charge in [0.05, 0.1) is 36.9 Å². The molecule has 104 heavy (non-hydrogen) atoms. The van der Waals surface area contributed by atoms with Gasteiger partial charge in [0.2, 0.25) is 0 Å². The fourth-order valence-corrected chi connectivity index (χ4v) is 11.8. The number of benzene rings is 9. The minimum Gasteiger partial charge on any atom is -0.870 e. The number of hydrogen-bond donors (Lipinski definition) is 6. The van der Waals surface area contributed by atoms with Crippen LogP contribution in [0.15, 0.2) is 200 Å². The molecule has 0 fully saturated rings. The molecule has 0 bridgehead atoms. The van der Waals surface area contributed by atoms with E-state index in [4.69, 9.17) is 69.3 Å². The Labute approximate surface area is 626 Å². The average Bonchev–Trinajstić information content (AvgIpc) is 1.59.